The average Bonchev–Trinajstić information content (AvgIpc) is 2.48. The summed E-state index contributed by atoms with van der Waals surface area (Å²) in [6.45, 7) is 6.44. The van der Waals surface area contributed by atoms with Crippen molar-refractivity contribution in [3.63, 3.8) is 0 Å². The van der Waals surface area contributed by atoms with Crippen molar-refractivity contribution in [2.24, 2.45) is 0 Å². The third-order valence-corrected chi connectivity index (χ3v) is 4.34. The molecule has 2 N–H and O–H groups in total. The lowest BCUT2D eigenvalue weighted by Crippen LogP contribution is -2.42. The zero-order valence-electron chi connectivity index (χ0n) is 15.0. The predicted molar refractivity (Wildman–Crippen MR) is 92.4 cm³/mol. The topological polar surface area (TPSA) is 87.6 Å². The fourth-order valence-electron chi connectivity index (χ4n) is 2.90. The molecule has 0 bridgehead atoms. The van der Waals surface area contributed by atoms with E-state index in [1.54, 1.807) is 0 Å². The normalized spacial score (nSPS) is 22.1. The summed E-state index contributed by atoms with van der Waals surface area (Å²) in [7, 11) is 4.19. The second-order valence-corrected chi connectivity index (χ2v) is 6.65. The lowest BCUT2D eigenvalue weighted by molar-refractivity contribution is -0.140. The molecule has 0 aromatic heterocycles. The van der Waals surface area contributed by atoms with E-state index in [9.17, 15) is 9.59 Å². The highest BCUT2D eigenvalue weighted by Crippen LogP contribution is 2.01. The van der Waals surface area contributed by atoms with Crippen molar-refractivity contribution < 1.29 is 19.8 Å². The monoisotopic (exact) mass is 344 g/mol. The summed E-state index contributed by atoms with van der Waals surface area (Å²) in [6.07, 6.45) is 1.82. The molecule has 8 heteroatoms. The van der Waals surface area contributed by atoms with E-state index in [-0.39, 0.29) is 13.1 Å². The van der Waals surface area contributed by atoms with Crippen LogP contribution in [0, 0.1) is 0 Å². The SMILES string of the molecule is CN1CCCN(CC(=O)O)CCN(CC(=O)O)CCCN(C)CC1. The number of nitrogens with zero attached hydrogens (tertiary/aromatic N) is 4. The van der Waals surface area contributed by atoms with Crippen LogP contribution in [0.4, 0.5) is 0 Å². The fourth-order valence-corrected chi connectivity index (χ4v) is 2.90. The maximum atomic E-state index is 11.0. The van der Waals surface area contributed by atoms with E-state index < -0.39 is 11.9 Å². The Hall–Kier alpha value is -1.22. The van der Waals surface area contributed by atoms with Crippen LogP contribution in [0.1, 0.15) is 12.8 Å². The van der Waals surface area contributed by atoms with E-state index in [2.05, 4.69) is 23.9 Å². The van der Waals surface area contributed by atoms with Crippen molar-refractivity contribution in [3.8, 4) is 0 Å². The number of likely N-dealkylation sites (N-methyl/N-ethyl adjacent to an activating group) is 2. The smallest absolute Gasteiger partial charge is 0.317 e. The fraction of sp³-hybridized carbons (Fsp3) is 0.875. The van der Waals surface area contributed by atoms with Crippen LogP contribution in [0.25, 0.3) is 0 Å². The van der Waals surface area contributed by atoms with Crippen molar-refractivity contribution in [2.45, 2.75) is 12.8 Å². The summed E-state index contributed by atoms with van der Waals surface area (Å²) in [4.78, 5) is 30.4. The number of carboxylic acids is 2. The molecule has 1 aliphatic rings. The highest BCUT2D eigenvalue weighted by molar-refractivity contribution is 5.69. The molecule has 1 aliphatic heterocycles. The summed E-state index contributed by atoms with van der Waals surface area (Å²) in [5.74, 6) is -1.67. The minimum absolute atomic E-state index is 0.00731. The highest BCUT2D eigenvalue weighted by atomic mass is 16.4. The van der Waals surface area contributed by atoms with Gasteiger partial charge in [0, 0.05) is 39.3 Å². The Labute approximate surface area is 144 Å². The van der Waals surface area contributed by atoms with E-state index in [0.717, 1.165) is 39.0 Å². The first-order valence-corrected chi connectivity index (χ1v) is 8.62. The van der Waals surface area contributed by atoms with Gasteiger partial charge in [0.1, 0.15) is 0 Å². The minimum Gasteiger partial charge on any atom is -0.480 e. The van der Waals surface area contributed by atoms with Gasteiger partial charge in [0.05, 0.1) is 13.1 Å². The summed E-state index contributed by atoms with van der Waals surface area (Å²) in [5, 5.41) is 18.1. The largest absolute Gasteiger partial charge is 0.480 e. The molecule has 1 heterocycles. The summed E-state index contributed by atoms with van der Waals surface area (Å²) in [5.41, 5.74) is 0. The van der Waals surface area contributed by atoms with Crippen molar-refractivity contribution in [1.29, 1.82) is 0 Å². The first kappa shape index (κ1) is 20.8. The Bertz CT molecular complexity index is 358. The first-order chi connectivity index (χ1) is 11.4. The van der Waals surface area contributed by atoms with Crippen LogP contribution in [0.5, 0.6) is 0 Å². The van der Waals surface area contributed by atoms with Gasteiger partial charge in [0.15, 0.2) is 0 Å². The molecule has 0 radical (unpaired) electrons. The van der Waals surface area contributed by atoms with Crippen LogP contribution in [-0.4, -0.2) is 121 Å². The van der Waals surface area contributed by atoms with Gasteiger partial charge in [-0.1, -0.05) is 0 Å². The predicted octanol–water partition coefficient (Wildman–Crippen LogP) is -0.583. The molecule has 0 unspecified atom stereocenters. The summed E-state index contributed by atoms with van der Waals surface area (Å²) < 4.78 is 0. The molecule has 1 fully saturated rings. The molecule has 0 atom stereocenters. The van der Waals surface area contributed by atoms with Gasteiger partial charge in [0.2, 0.25) is 0 Å². The third kappa shape index (κ3) is 9.82. The lowest BCUT2D eigenvalue weighted by Gasteiger charge is -2.28. The van der Waals surface area contributed by atoms with E-state index in [0.29, 0.717) is 26.2 Å². The van der Waals surface area contributed by atoms with Crippen LogP contribution in [0.2, 0.25) is 0 Å². The quantitative estimate of drug-likeness (QED) is 0.700. The van der Waals surface area contributed by atoms with Crippen molar-refractivity contribution >= 4 is 11.9 Å². The molecule has 0 amide bonds. The molecule has 0 aromatic rings. The Morgan fingerprint density at radius 1 is 0.667 bits per heavy atom. The second kappa shape index (κ2) is 11.4. The molecule has 1 rings (SSSR count). The van der Waals surface area contributed by atoms with E-state index in [1.807, 2.05) is 9.80 Å². The van der Waals surface area contributed by atoms with Gasteiger partial charge in [-0.05, 0) is 40.0 Å². The standard InChI is InChI=1S/C16H32N4O4/c1-17-5-3-7-19(13-15(21)22)11-12-20(14-16(23)24)8-4-6-18(2)10-9-17/h3-14H2,1-2H3,(H,21,22)(H,23,24). The number of hydrogen-bond donors (Lipinski definition) is 2. The van der Waals surface area contributed by atoms with Crippen LogP contribution < -0.4 is 0 Å². The van der Waals surface area contributed by atoms with Gasteiger partial charge in [-0.3, -0.25) is 19.4 Å². The zero-order chi connectivity index (χ0) is 17.9. The van der Waals surface area contributed by atoms with Gasteiger partial charge in [0.25, 0.3) is 0 Å². The molecule has 140 valence electrons. The molecule has 0 aromatic carbocycles. The zero-order valence-corrected chi connectivity index (χ0v) is 15.0. The number of hydrogen-bond acceptors (Lipinski definition) is 6. The Kier molecular flexibility index (Phi) is 9.85. The van der Waals surface area contributed by atoms with Crippen LogP contribution in [0.15, 0.2) is 0 Å². The van der Waals surface area contributed by atoms with Gasteiger partial charge in [-0.25, -0.2) is 0 Å². The minimum atomic E-state index is -0.837. The Morgan fingerprint density at radius 3 is 1.38 bits per heavy atom. The van der Waals surface area contributed by atoms with Crippen LogP contribution in [-0.2, 0) is 9.59 Å². The number of aliphatic carboxylic acids is 2. The van der Waals surface area contributed by atoms with Crippen LogP contribution in [0.3, 0.4) is 0 Å². The summed E-state index contributed by atoms with van der Waals surface area (Å²) in [6, 6.07) is 0. The second-order valence-electron chi connectivity index (χ2n) is 6.65. The molecule has 8 nitrogen and oxygen atoms in total. The van der Waals surface area contributed by atoms with E-state index >= 15 is 0 Å². The molecule has 0 aliphatic carbocycles. The van der Waals surface area contributed by atoms with Crippen LogP contribution >= 0.6 is 0 Å². The maximum absolute atomic E-state index is 11.0. The first-order valence-electron chi connectivity index (χ1n) is 8.62. The average molecular weight is 344 g/mol. The Morgan fingerprint density at radius 2 is 1.04 bits per heavy atom. The molecule has 1 saturated heterocycles. The van der Waals surface area contributed by atoms with E-state index in [1.165, 1.54) is 0 Å². The summed E-state index contributed by atoms with van der Waals surface area (Å²) >= 11 is 0. The molecule has 0 spiro atoms. The molecule has 24 heavy (non-hydrogen) atoms. The van der Waals surface area contributed by atoms with Crippen molar-refractivity contribution in [1.82, 2.24) is 19.6 Å². The number of carboxylic acid groups (broad SMARTS) is 2. The van der Waals surface area contributed by atoms with Gasteiger partial charge in [-0.2, -0.15) is 0 Å². The lowest BCUT2D eigenvalue weighted by atomic mass is 10.3. The Balaban J connectivity index is 2.65. The molecular weight excluding hydrogens is 312 g/mol. The number of rotatable bonds is 4. The van der Waals surface area contributed by atoms with Gasteiger partial charge < -0.3 is 20.0 Å². The van der Waals surface area contributed by atoms with Gasteiger partial charge in [-0.15, -0.1) is 0 Å². The number of carbonyl (C=O) groups is 2. The van der Waals surface area contributed by atoms with Gasteiger partial charge >= 0.3 is 11.9 Å². The maximum Gasteiger partial charge on any atom is 0.317 e. The highest BCUT2D eigenvalue weighted by Gasteiger charge is 2.15. The molecular formula is C16H32N4O4. The van der Waals surface area contributed by atoms with E-state index in [4.69, 9.17) is 10.2 Å². The van der Waals surface area contributed by atoms with Crippen molar-refractivity contribution in [2.75, 3.05) is 79.5 Å². The molecule has 0 saturated carbocycles. The van der Waals surface area contributed by atoms with Crippen molar-refractivity contribution in [3.05, 3.63) is 0 Å². The third-order valence-electron chi connectivity index (χ3n) is 4.34.